The van der Waals surface area contributed by atoms with Crippen LogP contribution < -0.4 is 19.7 Å². The fourth-order valence-electron chi connectivity index (χ4n) is 3.74. The number of ether oxygens (including phenoxy) is 2. The third-order valence-electron chi connectivity index (χ3n) is 5.55. The number of nitrogens with one attached hydrogen (secondary N) is 1. The molecule has 2 amide bonds. The first-order valence-corrected chi connectivity index (χ1v) is 11.3. The maximum Gasteiger partial charge on any atom is 0.416 e. The Kier molecular flexibility index (Phi) is 7.51. The van der Waals surface area contributed by atoms with Crippen LogP contribution in [0.3, 0.4) is 0 Å². The minimum atomic E-state index is -5.09. The van der Waals surface area contributed by atoms with Gasteiger partial charge in [-0.1, -0.05) is 18.2 Å². The normalized spacial score (nSPS) is 13.5. The molecule has 6 nitrogen and oxygen atoms in total. The summed E-state index contributed by atoms with van der Waals surface area (Å²) in [6.07, 6.45) is -9.74. The van der Waals surface area contributed by atoms with Crippen LogP contribution in [0.5, 0.6) is 11.5 Å². The number of hydrogen-bond donors (Lipinski definition) is 1. The Morgan fingerprint density at radius 2 is 1.58 bits per heavy atom. The van der Waals surface area contributed by atoms with Crippen molar-refractivity contribution in [2.24, 2.45) is 0 Å². The van der Waals surface area contributed by atoms with Crippen LogP contribution in [-0.4, -0.2) is 31.6 Å². The van der Waals surface area contributed by atoms with Crippen molar-refractivity contribution < 1.29 is 45.4 Å². The zero-order valence-corrected chi connectivity index (χ0v) is 19.5. The van der Waals surface area contributed by atoms with Gasteiger partial charge in [-0.3, -0.25) is 9.59 Å². The van der Waals surface area contributed by atoms with E-state index in [0.717, 1.165) is 0 Å². The molecule has 12 heteroatoms. The average Bonchev–Trinajstić information content (AvgIpc) is 2.87. The summed E-state index contributed by atoms with van der Waals surface area (Å²) in [5, 5.41) is 2.30. The molecule has 4 rings (SSSR count). The molecule has 0 radical (unpaired) electrons. The van der Waals surface area contributed by atoms with E-state index in [9.17, 15) is 35.9 Å². The number of rotatable bonds is 7. The average molecular weight is 538 g/mol. The fraction of sp³-hybridized carbons (Fsp3) is 0.231. The van der Waals surface area contributed by atoms with Crippen LogP contribution in [0.1, 0.15) is 27.9 Å². The molecule has 200 valence electrons. The largest absolute Gasteiger partial charge is 0.494 e. The Balaban J connectivity index is 1.51. The van der Waals surface area contributed by atoms with E-state index in [1.54, 1.807) is 12.1 Å². The molecule has 3 aromatic rings. The molecule has 0 unspecified atom stereocenters. The summed E-state index contributed by atoms with van der Waals surface area (Å²) in [5.74, 6) is -0.569. The van der Waals surface area contributed by atoms with E-state index in [1.807, 2.05) is 18.2 Å². The number of hydrogen-bond acceptors (Lipinski definition) is 4. The molecule has 0 fully saturated rings. The number of anilines is 2. The summed E-state index contributed by atoms with van der Waals surface area (Å²) in [7, 11) is 0. The number of para-hydroxylation sites is 1. The first kappa shape index (κ1) is 26.8. The minimum absolute atomic E-state index is 0.0450. The van der Waals surface area contributed by atoms with Gasteiger partial charge in [0.05, 0.1) is 23.4 Å². The second-order valence-corrected chi connectivity index (χ2v) is 8.28. The summed E-state index contributed by atoms with van der Waals surface area (Å²) < 4.78 is 90.0. The lowest BCUT2D eigenvalue weighted by Gasteiger charge is -2.30. The molecule has 1 aliphatic rings. The van der Waals surface area contributed by atoms with Gasteiger partial charge in [0.25, 0.3) is 11.8 Å². The van der Waals surface area contributed by atoms with Crippen molar-refractivity contribution in [2.45, 2.75) is 18.8 Å². The van der Waals surface area contributed by atoms with Crippen molar-refractivity contribution in [1.29, 1.82) is 0 Å². The van der Waals surface area contributed by atoms with E-state index < -0.39 is 35.0 Å². The van der Waals surface area contributed by atoms with Crippen LogP contribution in [0.2, 0.25) is 0 Å². The monoisotopic (exact) mass is 538 g/mol. The highest BCUT2D eigenvalue weighted by Crippen LogP contribution is 2.37. The molecule has 0 aliphatic carbocycles. The molecule has 0 saturated carbocycles. The molecule has 1 heterocycles. The topological polar surface area (TPSA) is 67.9 Å². The first-order chi connectivity index (χ1) is 17.9. The summed E-state index contributed by atoms with van der Waals surface area (Å²) in [6.45, 7) is 0.322. The fourth-order valence-corrected chi connectivity index (χ4v) is 3.74. The molecule has 3 aromatic carbocycles. The van der Waals surface area contributed by atoms with Crippen molar-refractivity contribution >= 4 is 23.2 Å². The number of carbonyl (C=O) groups is 2. The Hall–Kier alpha value is -4.22. The van der Waals surface area contributed by atoms with Crippen molar-refractivity contribution in [3.05, 3.63) is 83.4 Å². The highest BCUT2D eigenvalue weighted by atomic mass is 19.4. The van der Waals surface area contributed by atoms with Crippen LogP contribution >= 0.6 is 0 Å². The van der Waals surface area contributed by atoms with E-state index in [-0.39, 0.29) is 30.8 Å². The second-order valence-electron chi connectivity index (χ2n) is 8.28. The van der Waals surface area contributed by atoms with Crippen molar-refractivity contribution in [1.82, 2.24) is 0 Å². The van der Waals surface area contributed by atoms with Gasteiger partial charge < -0.3 is 19.7 Å². The zero-order valence-electron chi connectivity index (χ0n) is 19.5. The van der Waals surface area contributed by atoms with Gasteiger partial charge in [-0.2, -0.15) is 26.3 Å². The molecule has 38 heavy (non-hydrogen) atoms. The lowest BCUT2D eigenvalue weighted by Crippen LogP contribution is -2.39. The molecule has 0 saturated heterocycles. The van der Waals surface area contributed by atoms with Crippen molar-refractivity contribution in [3.63, 3.8) is 0 Å². The predicted molar refractivity (Wildman–Crippen MR) is 125 cm³/mol. The minimum Gasteiger partial charge on any atom is -0.494 e. The molecular weight excluding hydrogens is 518 g/mol. The Morgan fingerprint density at radius 1 is 0.921 bits per heavy atom. The highest BCUT2D eigenvalue weighted by molar-refractivity contribution is 6.05. The number of nitrogens with zero attached hydrogens (tertiary/aromatic N) is 1. The summed E-state index contributed by atoms with van der Waals surface area (Å²) in [5.41, 5.74) is -3.70. The molecule has 1 aliphatic heterocycles. The Bertz CT molecular complexity index is 1290. The summed E-state index contributed by atoms with van der Waals surface area (Å²) in [6, 6.07) is 13.8. The van der Waals surface area contributed by atoms with Crippen molar-refractivity contribution in [3.8, 4) is 11.5 Å². The smallest absolute Gasteiger partial charge is 0.416 e. The quantitative estimate of drug-likeness (QED) is 0.289. The van der Waals surface area contributed by atoms with E-state index in [4.69, 9.17) is 9.47 Å². The molecular formula is C26H20F6N2O4. The van der Waals surface area contributed by atoms with E-state index in [0.29, 0.717) is 42.3 Å². The third-order valence-corrected chi connectivity index (χ3v) is 5.55. The SMILES string of the molecule is O=C(Nc1ccc2c(c1)N(CCCOc1ccccc1)C(=O)CO2)c1cc(C(F)(F)F)cc(C(F)(F)F)c1. The third kappa shape index (κ3) is 6.36. The van der Waals surface area contributed by atoms with Gasteiger partial charge in [0, 0.05) is 17.8 Å². The van der Waals surface area contributed by atoms with Gasteiger partial charge in [-0.05, 0) is 55.0 Å². The summed E-state index contributed by atoms with van der Waals surface area (Å²) >= 11 is 0. The lowest BCUT2D eigenvalue weighted by atomic mass is 10.0. The van der Waals surface area contributed by atoms with Gasteiger partial charge in [-0.15, -0.1) is 0 Å². The van der Waals surface area contributed by atoms with Gasteiger partial charge in [0.2, 0.25) is 0 Å². The van der Waals surface area contributed by atoms with Gasteiger partial charge >= 0.3 is 12.4 Å². The molecule has 0 spiro atoms. The standard InChI is InChI=1S/C26H20F6N2O4/c27-25(28,29)17-11-16(12-18(13-17)26(30,31)32)24(36)33-19-7-8-22-21(14-19)34(23(35)15-38-22)9-4-10-37-20-5-2-1-3-6-20/h1-3,5-8,11-14H,4,9-10,15H2,(H,33,36). The number of amides is 2. The lowest BCUT2D eigenvalue weighted by molar-refractivity contribution is -0.143. The molecule has 1 N–H and O–H groups in total. The first-order valence-electron chi connectivity index (χ1n) is 11.3. The van der Waals surface area contributed by atoms with Crippen molar-refractivity contribution in [2.75, 3.05) is 30.0 Å². The number of alkyl halides is 6. The number of carbonyl (C=O) groups excluding carboxylic acids is 2. The predicted octanol–water partition coefficient (Wildman–Crippen LogP) is 6.17. The zero-order chi connectivity index (χ0) is 27.5. The van der Waals surface area contributed by atoms with Crippen LogP contribution in [0.15, 0.2) is 66.7 Å². The molecule has 0 aromatic heterocycles. The van der Waals surface area contributed by atoms with Crippen LogP contribution in [0.4, 0.5) is 37.7 Å². The van der Waals surface area contributed by atoms with Crippen LogP contribution in [0.25, 0.3) is 0 Å². The second kappa shape index (κ2) is 10.6. The van der Waals surface area contributed by atoms with E-state index in [1.165, 1.54) is 23.1 Å². The van der Waals surface area contributed by atoms with Crippen LogP contribution in [-0.2, 0) is 17.1 Å². The maximum absolute atomic E-state index is 13.2. The van der Waals surface area contributed by atoms with E-state index >= 15 is 0 Å². The number of fused-ring (bicyclic) bond motifs is 1. The maximum atomic E-state index is 13.2. The van der Waals surface area contributed by atoms with Gasteiger partial charge in [0.1, 0.15) is 11.5 Å². The Labute approximate surface area is 212 Å². The Morgan fingerprint density at radius 3 is 2.21 bits per heavy atom. The highest BCUT2D eigenvalue weighted by Gasteiger charge is 2.37. The molecule has 0 atom stereocenters. The van der Waals surface area contributed by atoms with Gasteiger partial charge in [0.15, 0.2) is 6.61 Å². The van der Waals surface area contributed by atoms with Crippen LogP contribution in [0, 0.1) is 0 Å². The summed E-state index contributed by atoms with van der Waals surface area (Å²) in [4.78, 5) is 26.6. The van der Waals surface area contributed by atoms with Gasteiger partial charge in [-0.25, -0.2) is 0 Å². The number of halogens is 6. The number of benzene rings is 3. The van der Waals surface area contributed by atoms with E-state index in [2.05, 4.69) is 5.32 Å². The molecule has 0 bridgehead atoms.